The summed E-state index contributed by atoms with van der Waals surface area (Å²) < 4.78 is 1.61. The van der Waals surface area contributed by atoms with Gasteiger partial charge in [0.2, 0.25) is 0 Å². The van der Waals surface area contributed by atoms with Gasteiger partial charge in [0.25, 0.3) is 0 Å². The molecule has 2 aromatic heterocycles. The molecule has 0 bridgehead atoms. The number of aromatic amines is 1. The molecule has 4 heteroatoms. The first-order valence-electron chi connectivity index (χ1n) is 4.30. The van der Waals surface area contributed by atoms with Crippen molar-refractivity contribution in [1.29, 1.82) is 0 Å². The minimum absolute atomic E-state index is 0.126. The van der Waals surface area contributed by atoms with E-state index >= 15 is 0 Å². The van der Waals surface area contributed by atoms with Crippen molar-refractivity contribution in [3.63, 3.8) is 0 Å². The van der Waals surface area contributed by atoms with Gasteiger partial charge in [0.1, 0.15) is 0 Å². The predicted octanol–water partition coefficient (Wildman–Crippen LogP) is 1.18. The van der Waals surface area contributed by atoms with Gasteiger partial charge in [-0.3, -0.25) is 9.38 Å². The number of nitrogens with zero attached hydrogens (tertiary/aromatic N) is 2. The Balaban J connectivity index is 2.72. The van der Waals surface area contributed by atoms with Gasteiger partial charge in [-0.25, -0.2) is 4.79 Å². The Morgan fingerprint density at radius 3 is 3.07 bits per heavy atom. The highest BCUT2D eigenvalue weighted by Gasteiger charge is 2.02. The third kappa shape index (κ3) is 0.821. The molecule has 1 aromatic carbocycles. The lowest BCUT2D eigenvalue weighted by molar-refractivity contribution is 1.10. The van der Waals surface area contributed by atoms with Crippen LogP contribution in [0, 0.1) is 0 Å². The van der Waals surface area contributed by atoms with Crippen molar-refractivity contribution in [2.45, 2.75) is 0 Å². The van der Waals surface area contributed by atoms with E-state index in [-0.39, 0.29) is 5.69 Å². The summed E-state index contributed by atoms with van der Waals surface area (Å²) in [5, 5.41) is 0. The van der Waals surface area contributed by atoms with Gasteiger partial charge in [-0.2, -0.15) is 0 Å². The average Bonchev–Trinajstić information content (AvgIpc) is 2.61. The van der Waals surface area contributed by atoms with E-state index in [0.29, 0.717) is 0 Å². The zero-order chi connectivity index (χ0) is 9.54. The lowest BCUT2D eigenvalue weighted by Gasteiger charge is -1.98. The van der Waals surface area contributed by atoms with Crippen LogP contribution in [0.3, 0.4) is 0 Å². The Morgan fingerprint density at radius 1 is 1.29 bits per heavy atom. The van der Waals surface area contributed by atoms with Crippen LogP contribution in [0.5, 0.6) is 0 Å². The molecule has 3 aromatic rings. The summed E-state index contributed by atoms with van der Waals surface area (Å²) in [6, 6.07) is 7.56. The van der Waals surface area contributed by atoms with Crippen LogP contribution < -0.4 is 5.69 Å². The van der Waals surface area contributed by atoms with Gasteiger partial charge in [0.15, 0.2) is 0 Å². The number of benzene rings is 1. The van der Waals surface area contributed by atoms with E-state index in [1.54, 1.807) is 16.8 Å². The SMILES string of the molecule is O=c1[nH]cc2cnc3ccccc3n12. The molecular weight excluding hydrogens is 178 g/mol. The number of aromatic nitrogens is 3. The topological polar surface area (TPSA) is 50.2 Å². The van der Waals surface area contributed by atoms with E-state index in [2.05, 4.69) is 9.97 Å². The molecule has 0 aliphatic rings. The van der Waals surface area contributed by atoms with E-state index in [1.165, 1.54) is 0 Å². The zero-order valence-corrected chi connectivity index (χ0v) is 7.27. The van der Waals surface area contributed by atoms with E-state index < -0.39 is 0 Å². The quantitative estimate of drug-likeness (QED) is 0.571. The highest BCUT2D eigenvalue weighted by atomic mass is 16.1. The number of imidazole rings is 1. The minimum atomic E-state index is -0.126. The maximum Gasteiger partial charge on any atom is 0.330 e. The monoisotopic (exact) mass is 185 g/mol. The number of nitrogens with one attached hydrogen (secondary N) is 1. The molecule has 3 rings (SSSR count). The fourth-order valence-electron chi connectivity index (χ4n) is 1.62. The number of hydrogen-bond acceptors (Lipinski definition) is 2. The van der Waals surface area contributed by atoms with Crippen molar-refractivity contribution in [1.82, 2.24) is 14.4 Å². The van der Waals surface area contributed by atoms with Gasteiger partial charge in [0.05, 0.1) is 22.7 Å². The van der Waals surface area contributed by atoms with Gasteiger partial charge in [-0.15, -0.1) is 0 Å². The number of H-pyrrole nitrogens is 1. The molecule has 0 aliphatic heterocycles. The van der Waals surface area contributed by atoms with Crippen LogP contribution in [0.1, 0.15) is 0 Å². The number of fused-ring (bicyclic) bond motifs is 3. The Hall–Kier alpha value is -2.10. The molecule has 1 N–H and O–H groups in total. The normalized spacial score (nSPS) is 11.1. The summed E-state index contributed by atoms with van der Waals surface area (Å²) in [5.41, 5.74) is 2.31. The molecule has 0 atom stereocenters. The summed E-state index contributed by atoms with van der Waals surface area (Å²) in [6.45, 7) is 0. The first-order chi connectivity index (χ1) is 6.86. The first kappa shape index (κ1) is 7.32. The number of para-hydroxylation sites is 2. The number of rotatable bonds is 0. The minimum Gasteiger partial charge on any atom is -0.312 e. The molecule has 0 amide bonds. The lowest BCUT2D eigenvalue weighted by atomic mass is 10.3. The maximum atomic E-state index is 11.5. The second kappa shape index (κ2) is 2.45. The molecule has 4 nitrogen and oxygen atoms in total. The van der Waals surface area contributed by atoms with Gasteiger partial charge in [-0.1, -0.05) is 12.1 Å². The van der Waals surface area contributed by atoms with E-state index in [1.807, 2.05) is 24.3 Å². The molecule has 14 heavy (non-hydrogen) atoms. The summed E-state index contributed by atoms with van der Waals surface area (Å²) in [5.74, 6) is 0. The predicted molar refractivity (Wildman–Crippen MR) is 53.3 cm³/mol. The standard InChI is InChI=1S/C10H7N3O/c14-10-12-6-7-5-11-8-3-1-2-4-9(8)13(7)10/h1-6H,(H,12,14). The summed E-state index contributed by atoms with van der Waals surface area (Å²) in [7, 11) is 0. The van der Waals surface area contributed by atoms with Crippen molar-refractivity contribution in [2.24, 2.45) is 0 Å². The highest BCUT2D eigenvalue weighted by molar-refractivity contribution is 5.77. The maximum absolute atomic E-state index is 11.5. The van der Waals surface area contributed by atoms with Crippen LogP contribution in [0.15, 0.2) is 41.5 Å². The van der Waals surface area contributed by atoms with Crippen molar-refractivity contribution >= 4 is 16.6 Å². The second-order valence-electron chi connectivity index (χ2n) is 3.10. The van der Waals surface area contributed by atoms with Crippen LogP contribution >= 0.6 is 0 Å². The van der Waals surface area contributed by atoms with Crippen LogP contribution in [-0.4, -0.2) is 14.4 Å². The van der Waals surface area contributed by atoms with Crippen LogP contribution in [0.25, 0.3) is 16.6 Å². The van der Waals surface area contributed by atoms with Crippen molar-refractivity contribution in [3.05, 3.63) is 47.1 Å². The van der Waals surface area contributed by atoms with Gasteiger partial charge in [-0.05, 0) is 12.1 Å². The van der Waals surface area contributed by atoms with Crippen LogP contribution in [-0.2, 0) is 0 Å². The summed E-state index contributed by atoms with van der Waals surface area (Å²) >= 11 is 0. The molecule has 0 saturated heterocycles. The molecule has 0 unspecified atom stereocenters. The molecule has 0 radical (unpaired) electrons. The van der Waals surface area contributed by atoms with Gasteiger partial charge >= 0.3 is 5.69 Å². The van der Waals surface area contributed by atoms with Gasteiger partial charge < -0.3 is 4.98 Å². The van der Waals surface area contributed by atoms with Gasteiger partial charge in [0, 0.05) is 6.20 Å². The lowest BCUT2D eigenvalue weighted by Crippen LogP contribution is -2.09. The summed E-state index contributed by atoms with van der Waals surface area (Å²) in [4.78, 5) is 18.4. The largest absolute Gasteiger partial charge is 0.330 e. The molecule has 0 spiro atoms. The second-order valence-corrected chi connectivity index (χ2v) is 3.10. The van der Waals surface area contributed by atoms with E-state index in [4.69, 9.17) is 0 Å². The fourth-order valence-corrected chi connectivity index (χ4v) is 1.62. The van der Waals surface area contributed by atoms with Crippen molar-refractivity contribution < 1.29 is 0 Å². The van der Waals surface area contributed by atoms with Crippen molar-refractivity contribution in [2.75, 3.05) is 0 Å². The molecule has 68 valence electrons. The van der Waals surface area contributed by atoms with Crippen molar-refractivity contribution in [3.8, 4) is 0 Å². The third-order valence-corrected chi connectivity index (χ3v) is 2.26. The smallest absolute Gasteiger partial charge is 0.312 e. The Labute approximate surface area is 78.8 Å². The first-order valence-corrected chi connectivity index (χ1v) is 4.30. The highest BCUT2D eigenvalue weighted by Crippen LogP contribution is 2.10. The zero-order valence-electron chi connectivity index (χ0n) is 7.27. The molecule has 2 heterocycles. The Kier molecular flexibility index (Phi) is 1.28. The number of hydrogen-bond donors (Lipinski definition) is 1. The van der Waals surface area contributed by atoms with Crippen LogP contribution in [0.4, 0.5) is 0 Å². The fraction of sp³-hybridized carbons (Fsp3) is 0. The third-order valence-electron chi connectivity index (χ3n) is 2.26. The Bertz CT molecular complexity index is 665. The van der Waals surface area contributed by atoms with E-state index in [9.17, 15) is 4.79 Å². The van der Waals surface area contributed by atoms with E-state index in [0.717, 1.165) is 16.6 Å². The molecule has 0 aliphatic carbocycles. The van der Waals surface area contributed by atoms with Crippen LogP contribution in [0.2, 0.25) is 0 Å². The molecular formula is C10H7N3O. The average molecular weight is 185 g/mol. The Morgan fingerprint density at radius 2 is 2.14 bits per heavy atom. The summed E-state index contributed by atoms with van der Waals surface area (Å²) in [6.07, 6.45) is 3.34. The molecule has 0 fully saturated rings. The molecule has 0 saturated carbocycles.